The highest BCUT2D eigenvalue weighted by Gasteiger charge is 2.33. The monoisotopic (exact) mass is 218 g/mol. The van der Waals surface area contributed by atoms with E-state index in [1.54, 1.807) is 6.07 Å². The van der Waals surface area contributed by atoms with Gasteiger partial charge in [0.05, 0.1) is 0 Å². The van der Waals surface area contributed by atoms with E-state index in [0.717, 1.165) is 18.4 Å². The first-order chi connectivity index (χ1) is 7.50. The molecule has 3 nitrogen and oxygen atoms in total. The zero-order chi connectivity index (χ0) is 11.8. The molecule has 1 saturated carbocycles. The minimum atomic E-state index is -0.0195. The number of carbonyl (C=O) groups is 1. The van der Waals surface area contributed by atoms with Crippen LogP contribution in [0.1, 0.15) is 42.1 Å². The Kier molecular flexibility index (Phi) is 2.62. The number of hydrogen-bond donors (Lipinski definition) is 2. The number of nitrogens with one attached hydrogen (secondary N) is 1. The van der Waals surface area contributed by atoms with Gasteiger partial charge in [0.15, 0.2) is 0 Å². The van der Waals surface area contributed by atoms with Crippen molar-refractivity contribution in [3.05, 3.63) is 29.3 Å². The summed E-state index contributed by atoms with van der Waals surface area (Å²) in [5, 5.41) is 3.06. The number of rotatable bonds is 2. The average molecular weight is 218 g/mol. The topological polar surface area (TPSA) is 55.1 Å². The number of amides is 1. The molecule has 0 unspecified atom stereocenters. The number of carbonyl (C=O) groups excluding carboxylic acids is 1. The molecule has 3 heteroatoms. The van der Waals surface area contributed by atoms with Crippen molar-refractivity contribution in [3.63, 3.8) is 0 Å². The summed E-state index contributed by atoms with van der Waals surface area (Å²) in [5.41, 5.74) is 8.11. The number of hydrogen-bond acceptors (Lipinski definition) is 2. The van der Waals surface area contributed by atoms with Crippen molar-refractivity contribution >= 4 is 11.6 Å². The van der Waals surface area contributed by atoms with Gasteiger partial charge in [-0.25, -0.2) is 0 Å². The third-order valence-corrected chi connectivity index (χ3v) is 3.41. The summed E-state index contributed by atoms with van der Waals surface area (Å²) in [7, 11) is 0. The van der Waals surface area contributed by atoms with Gasteiger partial charge in [0, 0.05) is 16.8 Å². The third-order valence-electron chi connectivity index (χ3n) is 3.41. The second-order valence-corrected chi connectivity index (χ2v) is 4.94. The zero-order valence-corrected chi connectivity index (χ0v) is 9.84. The van der Waals surface area contributed by atoms with E-state index < -0.39 is 0 Å². The maximum Gasteiger partial charge on any atom is 0.251 e. The molecule has 16 heavy (non-hydrogen) atoms. The summed E-state index contributed by atoms with van der Waals surface area (Å²) in [6, 6.07) is 5.45. The van der Waals surface area contributed by atoms with Crippen molar-refractivity contribution in [2.24, 2.45) is 0 Å². The van der Waals surface area contributed by atoms with Crippen molar-refractivity contribution in [3.8, 4) is 0 Å². The average Bonchev–Trinajstić information content (AvgIpc) is 2.19. The van der Waals surface area contributed by atoms with E-state index in [0.29, 0.717) is 11.3 Å². The molecule has 2 rings (SSSR count). The highest BCUT2D eigenvalue weighted by atomic mass is 16.1. The van der Waals surface area contributed by atoms with E-state index in [2.05, 4.69) is 12.2 Å². The smallest absolute Gasteiger partial charge is 0.251 e. The summed E-state index contributed by atoms with van der Waals surface area (Å²) in [6.45, 7) is 4.02. The molecule has 0 aromatic heterocycles. The molecule has 0 atom stereocenters. The molecule has 1 fully saturated rings. The van der Waals surface area contributed by atoms with Crippen LogP contribution in [0.3, 0.4) is 0 Å². The Labute approximate surface area is 96.0 Å². The van der Waals surface area contributed by atoms with Crippen LogP contribution in [0.4, 0.5) is 5.69 Å². The summed E-state index contributed by atoms with van der Waals surface area (Å²) in [5.74, 6) is -0.0195. The molecule has 1 amide bonds. The van der Waals surface area contributed by atoms with Gasteiger partial charge in [-0.05, 0) is 50.8 Å². The van der Waals surface area contributed by atoms with Crippen molar-refractivity contribution < 1.29 is 4.79 Å². The predicted molar refractivity (Wildman–Crippen MR) is 65.3 cm³/mol. The molecule has 0 spiro atoms. The van der Waals surface area contributed by atoms with Crippen molar-refractivity contribution in [1.82, 2.24) is 5.32 Å². The lowest BCUT2D eigenvalue weighted by molar-refractivity contribution is 0.0850. The van der Waals surface area contributed by atoms with Crippen LogP contribution in [-0.4, -0.2) is 11.4 Å². The van der Waals surface area contributed by atoms with Crippen LogP contribution >= 0.6 is 0 Å². The lowest BCUT2D eigenvalue weighted by Gasteiger charge is -2.39. The van der Waals surface area contributed by atoms with E-state index in [-0.39, 0.29) is 11.4 Å². The molecule has 1 aromatic rings. The van der Waals surface area contributed by atoms with Crippen LogP contribution in [-0.2, 0) is 0 Å². The van der Waals surface area contributed by atoms with E-state index in [1.807, 2.05) is 19.1 Å². The number of benzene rings is 1. The Bertz CT molecular complexity index is 422. The quantitative estimate of drug-likeness (QED) is 0.748. The van der Waals surface area contributed by atoms with Crippen LogP contribution < -0.4 is 11.1 Å². The van der Waals surface area contributed by atoms with Gasteiger partial charge in [0.25, 0.3) is 5.91 Å². The van der Waals surface area contributed by atoms with Crippen LogP contribution in [0.5, 0.6) is 0 Å². The summed E-state index contributed by atoms with van der Waals surface area (Å²) in [4.78, 5) is 11.9. The molecule has 0 aliphatic heterocycles. The Morgan fingerprint density at radius 1 is 1.44 bits per heavy atom. The van der Waals surface area contributed by atoms with Gasteiger partial charge in [-0.3, -0.25) is 4.79 Å². The molecule has 0 bridgehead atoms. The van der Waals surface area contributed by atoms with E-state index >= 15 is 0 Å². The van der Waals surface area contributed by atoms with Gasteiger partial charge in [0.2, 0.25) is 0 Å². The Morgan fingerprint density at radius 2 is 2.12 bits per heavy atom. The lowest BCUT2D eigenvalue weighted by Crippen LogP contribution is -2.50. The first-order valence-corrected chi connectivity index (χ1v) is 5.69. The van der Waals surface area contributed by atoms with Gasteiger partial charge in [-0.1, -0.05) is 6.07 Å². The van der Waals surface area contributed by atoms with Crippen molar-refractivity contribution in [2.75, 3.05) is 5.73 Å². The molecule has 0 saturated heterocycles. The molecule has 3 N–H and O–H groups in total. The second-order valence-electron chi connectivity index (χ2n) is 4.94. The number of anilines is 1. The number of nitrogens with two attached hydrogens (primary N) is 1. The van der Waals surface area contributed by atoms with Gasteiger partial charge in [-0.2, -0.15) is 0 Å². The van der Waals surface area contributed by atoms with Crippen LogP contribution in [0.25, 0.3) is 0 Å². The SMILES string of the molecule is Cc1ccc(C(=O)NC2(C)CCC2)cc1N. The highest BCUT2D eigenvalue weighted by Crippen LogP contribution is 2.31. The third kappa shape index (κ3) is 2.03. The minimum absolute atomic E-state index is 0.00324. The largest absolute Gasteiger partial charge is 0.398 e. The summed E-state index contributed by atoms with van der Waals surface area (Å²) >= 11 is 0. The van der Waals surface area contributed by atoms with Crippen molar-refractivity contribution in [1.29, 1.82) is 0 Å². The highest BCUT2D eigenvalue weighted by molar-refractivity contribution is 5.95. The fraction of sp³-hybridized carbons (Fsp3) is 0.462. The van der Waals surface area contributed by atoms with E-state index in [4.69, 9.17) is 5.73 Å². The predicted octanol–water partition coefficient (Wildman–Crippen LogP) is 2.25. The Morgan fingerprint density at radius 3 is 2.62 bits per heavy atom. The van der Waals surface area contributed by atoms with E-state index in [1.165, 1.54) is 6.42 Å². The molecule has 1 aliphatic rings. The number of aryl methyl sites for hydroxylation is 1. The molecule has 1 aliphatic carbocycles. The lowest BCUT2D eigenvalue weighted by atomic mass is 9.78. The molecular formula is C13H18N2O. The fourth-order valence-electron chi connectivity index (χ4n) is 1.96. The molecular weight excluding hydrogens is 200 g/mol. The van der Waals surface area contributed by atoms with Crippen LogP contribution in [0, 0.1) is 6.92 Å². The molecule has 0 heterocycles. The summed E-state index contributed by atoms with van der Waals surface area (Å²) < 4.78 is 0. The number of nitrogen functional groups attached to an aromatic ring is 1. The van der Waals surface area contributed by atoms with Crippen LogP contribution in [0.15, 0.2) is 18.2 Å². The normalized spacial score (nSPS) is 17.6. The maximum absolute atomic E-state index is 11.9. The van der Waals surface area contributed by atoms with Crippen molar-refractivity contribution in [2.45, 2.75) is 38.6 Å². The Hall–Kier alpha value is -1.51. The Balaban J connectivity index is 2.11. The van der Waals surface area contributed by atoms with Gasteiger partial charge >= 0.3 is 0 Å². The molecule has 86 valence electrons. The minimum Gasteiger partial charge on any atom is -0.398 e. The molecule has 1 aromatic carbocycles. The van der Waals surface area contributed by atoms with Crippen LogP contribution in [0.2, 0.25) is 0 Å². The first kappa shape index (κ1) is 11.0. The zero-order valence-electron chi connectivity index (χ0n) is 9.84. The maximum atomic E-state index is 11.9. The second kappa shape index (κ2) is 3.81. The van der Waals surface area contributed by atoms with Gasteiger partial charge in [-0.15, -0.1) is 0 Å². The first-order valence-electron chi connectivity index (χ1n) is 5.69. The standard InChI is InChI=1S/C13H18N2O/c1-9-4-5-10(8-11(9)14)12(16)15-13(2)6-3-7-13/h4-5,8H,3,6-7,14H2,1-2H3,(H,15,16). The van der Waals surface area contributed by atoms with Gasteiger partial charge in [0.1, 0.15) is 0 Å². The van der Waals surface area contributed by atoms with Gasteiger partial charge < -0.3 is 11.1 Å². The summed E-state index contributed by atoms with van der Waals surface area (Å²) in [6.07, 6.45) is 3.34. The van der Waals surface area contributed by atoms with E-state index in [9.17, 15) is 4.79 Å². The molecule has 0 radical (unpaired) electrons. The fourth-order valence-corrected chi connectivity index (χ4v) is 1.96.